The molecule has 2 fully saturated rings. The highest BCUT2D eigenvalue weighted by Gasteiger charge is 2.48. The lowest BCUT2D eigenvalue weighted by molar-refractivity contribution is -0.144. The third-order valence-corrected chi connectivity index (χ3v) is 2.51. The Bertz CT molecular complexity index is 226. The van der Waals surface area contributed by atoms with Gasteiger partial charge in [-0.3, -0.25) is 14.5 Å². The molecule has 0 aromatic rings. The molecule has 0 saturated carbocycles. The van der Waals surface area contributed by atoms with E-state index in [1.807, 2.05) is 0 Å². The number of hydrogen-bond acceptors (Lipinski definition) is 3. The molecule has 4 nitrogen and oxygen atoms in total. The van der Waals surface area contributed by atoms with E-state index in [1.54, 1.807) is 4.90 Å². The van der Waals surface area contributed by atoms with Gasteiger partial charge >= 0.3 is 5.97 Å². The summed E-state index contributed by atoms with van der Waals surface area (Å²) in [7, 11) is 0. The largest absolute Gasteiger partial charge is 0.480 e. The number of nitrogens with zero attached hydrogens (tertiary/aromatic N) is 1. The summed E-state index contributed by atoms with van der Waals surface area (Å²) in [6, 6.07) is -0.586. The molecule has 0 aromatic carbocycles. The van der Waals surface area contributed by atoms with E-state index >= 15 is 0 Å². The zero-order valence-electron chi connectivity index (χ0n) is 5.99. The van der Waals surface area contributed by atoms with Crippen LogP contribution < -0.4 is 0 Å². The van der Waals surface area contributed by atoms with Gasteiger partial charge in [0.2, 0.25) is 0 Å². The van der Waals surface area contributed by atoms with Gasteiger partial charge in [0.15, 0.2) is 5.78 Å². The number of Topliss-reactive ketones (excluding diaryl/α,β-unsaturated/α-hetero) is 1. The summed E-state index contributed by atoms with van der Waals surface area (Å²) in [6.45, 7) is 0.771. The molecule has 2 aliphatic rings. The number of carboxylic acids is 1. The molecule has 2 saturated heterocycles. The maximum atomic E-state index is 11.0. The number of carbonyl (C=O) groups is 2. The Hall–Kier alpha value is -0.900. The molecule has 0 aromatic heterocycles. The Morgan fingerprint density at radius 1 is 1.64 bits per heavy atom. The van der Waals surface area contributed by atoms with E-state index in [2.05, 4.69) is 0 Å². The fourth-order valence-corrected chi connectivity index (χ4v) is 1.80. The first-order chi connectivity index (χ1) is 5.20. The maximum Gasteiger partial charge on any atom is 0.321 e. The Labute approximate surface area is 63.8 Å². The molecule has 0 spiro atoms. The van der Waals surface area contributed by atoms with Crippen molar-refractivity contribution >= 4 is 11.8 Å². The van der Waals surface area contributed by atoms with Crippen molar-refractivity contribution in [3.05, 3.63) is 0 Å². The van der Waals surface area contributed by atoms with Gasteiger partial charge in [-0.05, 0) is 6.42 Å². The van der Waals surface area contributed by atoms with Crippen LogP contribution in [0.15, 0.2) is 0 Å². The van der Waals surface area contributed by atoms with Crippen LogP contribution in [-0.4, -0.2) is 40.4 Å². The maximum absolute atomic E-state index is 11.0. The van der Waals surface area contributed by atoms with Crippen LogP contribution in [0.3, 0.4) is 0 Å². The van der Waals surface area contributed by atoms with Crippen LogP contribution in [0.2, 0.25) is 0 Å². The summed E-state index contributed by atoms with van der Waals surface area (Å²) in [6.07, 6.45) is 1.06. The van der Waals surface area contributed by atoms with Gasteiger partial charge in [-0.2, -0.15) is 0 Å². The number of fused-ring (bicyclic) bond motifs is 1. The number of rotatable bonds is 1. The lowest BCUT2D eigenvalue weighted by Gasteiger charge is -2.35. The second-order valence-corrected chi connectivity index (χ2v) is 3.07. The van der Waals surface area contributed by atoms with E-state index in [1.165, 1.54) is 0 Å². The van der Waals surface area contributed by atoms with Crippen LogP contribution in [0.25, 0.3) is 0 Å². The van der Waals surface area contributed by atoms with Gasteiger partial charge in [-0.1, -0.05) is 0 Å². The molecule has 2 rings (SSSR count). The zero-order valence-corrected chi connectivity index (χ0v) is 5.99. The van der Waals surface area contributed by atoms with Crippen molar-refractivity contribution in [1.29, 1.82) is 0 Å². The van der Waals surface area contributed by atoms with E-state index in [-0.39, 0.29) is 18.2 Å². The molecule has 4 heteroatoms. The Balaban J connectivity index is 2.16. The SMILES string of the molecule is O=C(O)C1CC(=O)C2CCN12. The molecule has 2 atom stereocenters. The Morgan fingerprint density at radius 2 is 2.36 bits per heavy atom. The van der Waals surface area contributed by atoms with E-state index in [4.69, 9.17) is 5.11 Å². The van der Waals surface area contributed by atoms with Crippen LogP contribution in [0.1, 0.15) is 12.8 Å². The van der Waals surface area contributed by atoms with Crippen molar-refractivity contribution in [2.75, 3.05) is 6.54 Å². The zero-order chi connectivity index (χ0) is 8.01. The van der Waals surface area contributed by atoms with E-state index in [0.717, 1.165) is 13.0 Å². The summed E-state index contributed by atoms with van der Waals surface area (Å²) < 4.78 is 0. The van der Waals surface area contributed by atoms with E-state index < -0.39 is 12.0 Å². The highest BCUT2D eigenvalue weighted by molar-refractivity contribution is 5.94. The molecule has 2 heterocycles. The third kappa shape index (κ3) is 0.790. The molecule has 0 aliphatic carbocycles. The first-order valence-corrected chi connectivity index (χ1v) is 3.71. The van der Waals surface area contributed by atoms with E-state index in [0.29, 0.717) is 0 Å². The van der Waals surface area contributed by atoms with Crippen LogP contribution >= 0.6 is 0 Å². The molecule has 0 amide bonds. The average molecular weight is 155 g/mol. The monoisotopic (exact) mass is 155 g/mol. The number of carbonyl (C=O) groups excluding carboxylic acids is 1. The first kappa shape index (κ1) is 6.79. The predicted octanol–water partition coefficient (Wildman–Crippen LogP) is -0.513. The molecule has 60 valence electrons. The topological polar surface area (TPSA) is 57.6 Å². The minimum absolute atomic E-state index is 0.0592. The van der Waals surface area contributed by atoms with Gasteiger partial charge in [0, 0.05) is 13.0 Å². The van der Waals surface area contributed by atoms with Crippen LogP contribution in [0, 0.1) is 0 Å². The van der Waals surface area contributed by atoms with Gasteiger partial charge in [0.25, 0.3) is 0 Å². The number of carboxylic acid groups (broad SMARTS) is 1. The number of ketones is 1. The quantitative estimate of drug-likeness (QED) is 0.554. The summed E-state index contributed by atoms with van der Waals surface area (Å²) >= 11 is 0. The lowest BCUT2D eigenvalue weighted by Crippen LogP contribution is -2.51. The molecular weight excluding hydrogens is 146 g/mol. The third-order valence-electron chi connectivity index (χ3n) is 2.51. The normalized spacial score (nSPS) is 36.5. The number of aliphatic carboxylic acids is 1. The van der Waals surface area contributed by atoms with E-state index in [9.17, 15) is 9.59 Å². The second kappa shape index (κ2) is 2.04. The second-order valence-electron chi connectivity index (χ2n) is 3.07. The van der Waals surface area contributed by atoms with Crippen molar-refractivity contribution in [1.82, 2.24) is 4.90 Å². The Morgan fingerprint density at radius 3 is 2.64 bits per heavy atom. The van der Waals surface area contributed by atoms with Crippen molar-refractivity contribution in [3.63, 3.8) is 0 Å². The first-order valence-electron chi connectivity index (χ1n) is 3.71. The van der Waals surface area contributed by atoms with Crippen LogP contribution in [-0.2, 0) is 9.59 Å². The molecule has 0 radical (unpaired) electrons. The summed E-state index contributed by atoms with van der Waals surface area (Å²) in [5.74, 6) is -0.760. The highest BCUT2D eigenvalue weighted by Crippen LogP contribution is 2.30. The van der Waals surface area contributed by atoms with Gasteiger partial charge in [-0.15, -0.1) is 0 Å². The minimum atomic E-state index is -0.861. The van der Waals surface area contributed by atoms with Crippen molar-refractivity contribution in [2.45, 2.75) is 24.9 Å². The molecule has 0 bridgehead atoms. The average Bonchev–Trinajstić information content (AvgIpc) is 2.02. The number of hydrogen-bond donors (Lipinski definition) is 1. The molecule has 1 N–H and O–H groups in total. The molecule has 11 heavy (non-hydrogen) atoms. The predicted molar refractivity (Wildman–Crippen MR) is 36.2 cm³/mol. The molecule has 2 aliphatic heterocycles. The summed E-state index contributed by atoms with van der Waals surface area (Å²) in [5.41, 5.74) is 0. The summed E-state index contributed by atoms with van der Waals surface area (Å²) in [4.78, 5) is 23.4. The van der Waals surface area contributed by atoms with Gasteiger partial charge < -0.3 is 5.11 Å². The fourth-order valence-electron chi connectivity index (χ4n) is 1.80. The molecule has 2 unspecified atom stereocenters. The fraction of sp³-hybridized carbons (Fsp3) is 0.714. The molecular formula is C7H9NO3. The standard InChI is InChI=1S/C7H9NO3/c9-6-3-5(7(10)11)8-2-1-4(6)8/h4-5H,1-3H2,(H,10,11). The summed E-state index contributed by atoms with van der Waals surface area (Å²) in [5, 5.41) is 8.66. The minimum Gasteiger partial charge on any atom is -0.480 e. The van der Waals surface area contributed by atoms with Crippen molar-refractivity contribution in [3.8, 4) is 0 Å². The van der Waals surface area contributed by atoms with Gasteiger partial charge in [-0.25, -0.2) is 0 Å². The smallest absolute Gasteiger partial charge is 0.321 e. The Kier molecular flexibility index (Phi) is 1.26. The van der Waals surface area contributed by atoms with Crippen LogP contribution in [0.4, 0.5) is 0 Å². The van der Waals surface area contributed by atoms with Crippen LogP contribution in [0.5, 0.6) is 0 Å². The highest BCUT2D eigenvalue weighted by atomic mass is 16.4. The van der Waals surface area contributed by atoms with Crippen molar-refractivity contribution in [2.24, 2.45) is 0 Å². The lowest BCUT2D eigenvalue weighted by atomic mass is 10.0. The van der Waals surface area contributed by atoms with Crippen molar-refractivity contribution < 1.29 is 14.7 Å². The van der Waals surface area contributed by atoms with Gasteiger partial charge in [0.1, 0.15) is 6.04 Å². The van der Waals surface area contributed by atoms with Gasteiger partial charge in [0.05, 0.1) is 6.04 Å².